The van der Waals surface area contributed by atoms with Crippen LogP contribution in [0.25, 0.3) is 11.4 Å². The van der Waals surface area contributed by atoms with Crippen molar-refractivity contribution in [2.45, 2.75) is 26.3 Å². The third-order valence-corrected chi connectivity index (χ3v) is 4.70. The van der Waals surface area contributed by atoms with Crippen molar-refractivity contribution < 1.29 is 4.52 Å². The van der Waals surface area contributed by atoms with E-state index >= 15 is 0 Å². The zero-order valence-electron chi connectivity index (χ0n) is 15.8. The highest BCUT2D eigenvalue weighted by Crippen LogP contribution is 2.25. The maximum absolute atomic E-state index is 5.37. The fourth-order valence-electron chi connectivity index (χ4n) is 2.56. The van der Waals surface area contributed by atoms with E-state index in [1.54, 1.807) is 12.4 Å². The Bertz CT molecular complexity index is 1090. The van der Waals surface area contributed by atoms with Gasteiger partial charge >= 0.3 is 0 Å². The summed E-state index contributed by atoms with van der Waals surface area (Å²) >= 11 is 3.46. The van der Waals surface area contributed by atoms with Gasteiger partial charge < -0.3 is 15.2 Å². The minimum atomic E-state index is 0.363. The van der Waals surface area contributed by atoms with Crippen molar-refractivity contribution in [1.29, 1.82) is 0 Å². The molecule has 0 fully saturated rings. The molecule has 3 N–H and O–H groups in total. The molecule has 0 spiro atoms. The molecule has 0 amide bonds. The second kappa shape index (κ2) is 8.39. The number of aromatic nitrogens is 6. The Kier molecular flexibility index (Phi) is 5.52. The molecule has 0 aliphatic heterocycles. The van der Waals surface area contributed by atoms with Crippen molar-refractivity contribution in [2.24, 2.45) is 0 Å². The van der Waals surface area contributed by atoms with Crippen LogP contribution in [0.15, 0.2) is 51.7 Å². The van der Waals surface area contributed by atoms with Gasteiger partial charge in [0.2, 0.25) is 5.95 Å². The topological polar surface area (TPSA) is 117 Å². The molecule has 9 nitrogen and oxygen atoms in total. The van der Waals surface area contributed by atoms with Crippen molar-refractivity contribution in [2.75, 3.05) is 10.6 Å². The molecule has 0 bridgehead atoms. The third-order valence-electron chi connectivity index (χ3n) is 4.12. The summed E-state index contributed by atoms with van der Waals surface area (Å²) in [4.78, 5) is 13.0. The summed E-state index contributed by atoms with van der Waals surface area (Å²) in [6.07, 6.45) is 3.39. The van der Waals surface area contributed by atoms with Crippen molar-refractivity contribution in [3.63, 3.8) is 0 Å². The molecule has 0 aliphatic rings. The SMILES string of the molecule is CC(C)c1cc(Nc2nc(NCc3cc(-c4ccccn4)no3)ncc2Br)n[nH]1. The first kappa shape index (κ1) is 19.1. The minimum absolute atomic E-state index is 0.363. The van der Waals surface area contributed by atoms with E-state index in [-0.39, 0.29) is 0 Å². The van der Waals surface area contributed by atoms with Crippen LogP contribution in [0.5, 0.6) is 0 Å². The van der Waals surface area contributed by atoms with Crippen LogP contribution in [0.1, 0.15) is 31.2 Å². The molecule has 10 heteroatoms. The number of hydrogen-bond donors (Lipinski definition) is 3. The average molecular weight is 455 g/mol. The minimum Gasteiger partial charge on any atom is -0.359 e. The van der Waals surface area contributed by atoms with Gasteiger partial charge in [-0.3, -0.25) is 10.1 Å². The summed E-state index contributed by atoms with van der Waals surface area (Å²) in [5.41, 5.74) is 2.49. The second-order valence-electron chi connectivity index (χ2n) is 6.63. The number of nitrogens with one attached hydrogen (secondary N) is 3. The van der Waals surface area contributed by atoms with E-state index in [1.165, 1.54) is 0 Å². The fourth-order valence-corrected chi connectivity index (χ4v) is 2.85. The molecule has 4 aromatic heterocycles. The van der Waals surface area contributed by atoms with Crippen molar-refractivity contribution in [1.82, 2.24) is 30.3 Å². The molecule has 148 valence electrons. The van der Waals surface area contributed by atoms with Gasteiger partial charge in [-0.25, -0.2) is 4.98 Å². The van der Waals surface area contributed by atoms with E-state index in [0.29, 0.717) is 41.5 Å². The predicted molar refractivity (Wildman–Crippen MR) is 113 cm³/mol. The molecule has 4 aromatic rings. The van der Waals surface area contributed by atoms with Crippen molar-refractivity contribution >= 4 is 33.5 Å². The first-order valence-electron chi connectivity index (χ1n) is 9.04. The van der Waals surface area contributed by atoms with E-state index < -0.39 is 0 Å². The van der Waals surface area contributed by atoms with Gasteiger partial charge in [-0.2, -0.15) is 10.1 Å². The second-order valence-corrected chi connectivity index (χ2v) is 7.48. The molecule has 0 aliphatic carbocycles. The average Bonchev–Trinajstić information content (AvgIpc) is 3.39. The molecular formula is C19H19BrN8O. The summed E-state index contributed by atoms with van der Waals surface area (Å²) in [5, 5.41) is 17.6. The highest BCUT2D eigenvalue weighted by molar-refractivity contribution is 9.10. The van der Waals surface area contributed by atoms with Gasteiger partial charge in [-0.1, -0.05) is 25.1 Å². The van der Waals surface area contributed by atoms with Gasteiger partial charge in [0.1, 0.15) is 5.69 Å². The zero-order chi connectivity index (χ0) is 20.2. The Hall–Kier alpha value is -3.27. The number of hydrogen-bond acceptors (Lipinski definition) is 8. The fraction of sp³-hybridized carbons (Fsp3) is 0.211. The Labute approximate surface area is 175 Å². The molecule has 0 saturated heterocycles. The van der Waals surface area contributed by atoms with Crippen LogP contribution >= 0.6 is 15.9 Å². The van der Waals surface area contributed by atoms with Crippen LogP contribution in [0.4, 0.5) is 17.6 Å². The van der Waals surface area contributed by atoms with Crippen LogP contribution in [0.2, 0.25) is 0 Å². The molecule has 4 rings (SSSR count). The first-order chi connectivity index (χ1) is 14.1. The number of pyridine rings is 1. The van der Waals surface area contributed by atoms with Gasteiger partial charge in [0.25, 0.3) is 0 Å². The van der Waals surface area contributed by atoms with Gasteiger partial charge in [0, 0.05) is 30.2 Å². The summed E-state index contributed by atoms with van der Waals surface area (Å²) in [7, 11) is 0. The number of H-pyrrole nitrogens is 1. The standard InChI is InChI=1S/C19H19BrN8O/c1-11(2)15-8-17(27-26-15)24-18-13(20)10-23-19(25-18)22-9-12-7-16(28-29-12)14-5-3-4-6-21-14/h3-8,10-11H,9H2,1-2H3,(H3,22,23,24,25,26,27). The normalized spacial score (nSPS) is 11.0. The molecule has 0 aromatic carbocycles. The summed E-state index contributed by atoms with van der Waals surface area (Å²) in [6, 6.07) is 9.44. The lowest BCUT2D eigenvalue weighted by molar-refractivity contribution is 0.389. The highest BCUT2D eigenvalue weighted by atomic mass is 79.9. The molecule has 0 unspecified atom stereocenters. The van der Waals surface area contributed by atoms with E-state index in [2.05, 4.69) is 70.7 Å². The first-order valence-corrected chi connectivity index (χ1v) is 9.83. The maximum Gasteiger partial charge on any atom is 0.225 e. The maximum atomic E-state index is 5.37. The lowest BCUT2D eigenvalue weighted by Crippen LogP contribution is -2.05. The van der Waals surface area contributed by atoms with Crippen LogP contribution in [-0.4, -0.2) is 30.3 Å². The largest absolute Gasteiger partial charge is 0.359 e. The Morgan fingerprint density at radius 3 is 2.83 bits per heavy atom. The molecule has 4 heterocycles. The number of halogens is 1. The molecule has 0 radical (unpaired) electrons. The predicted octanol–water partition coefficient (Wildman–Crippen LogP) is 4.49. The summed E-state index contributed by atoms with van der Waals surface area (Å²) in [6.45, 7) is 4.59. The lowest BCUT2D eigenvalue weighted by Gasteiger charge is -2.07. The van der Waals surface area contributed by atoms with E-state index in [0.717, 1.165) is 15.9 Å². The van der Waals surface area contributed by atoms with E-state index in [1.807, 2.05) is 30.3 Å². The molecule has 29 heavy (non-hydrogen) atoms. The third kappa shape index (κ3) is 4.60. The Balaban J connectivity index is 1.43. The Morgan fingerprint density at radius 1 is 1.17 bits per heavy atom. The number of rotatable bonds is 7. The smallest absolute Gasteiger partial charge is 0.225 e. The Morgan fingerprint density at radius 2 is 2.07 bits per heavy atom. The molecular weight excluding hydrogens is 436 g/mol. The van der Waals surface area contributed by atoms with E-state index in [4.69, 9.17) is 4.52 Å². The van der Waals surface area contributed by atoms with Crippen LogP contribution < -0.4 is 10.6 Å². The van der Waals surface area contributed by atoms with Crippen LogP contribution in [-0.2, 0) is 6.54 Å². The quantitative estimate of drug-likeness (QED) is 0.373. The molecule has 0 saturated carbocycles. The van der Waals surface area contributed by atoms with E-state index in [9.17, 15) is 0 Å². The van der Waals surface area contributed by atoms with Crippen molar-refractivity contribution in [3.05, 3.63) is 58.7 Å². The van der Waals surface area contributed by atoms with Gasteiger partial charge in [0.15, 0.2) is 17.4 Å². The van der Waals surface area contributed by atoms with Crippen LogP contribution in [0, 0.1) is 0 Å². The monoisotopic (exact) mass is 454 g/mol. The number of nitrogens with zero attached hydrogens (tertiary/aromatic N) is 5. The lowest BCUT2D eigenvalue weighted by atomic mass is 10.1. The van der Waals surface area contributed by atoms with Crippen LogP contribution in [0.3, 0.4) is 0 Å². The van der Waals surface area contributed by atoms with Crippen molar-refractivity contribution in [3.8, 4) is 11.4 Å². The van der Waals surface area contributed by atoms with Gasteiger partial charge in [-0.15, -0.1) is 0 Å². The zero-order valence-corrected chi connectivity index (χ0v) is 17.4. The molecule has 0 atom stereocenters. The van der Waals surface area contributed by atoms with Gasteiger partial charge in [0.05, 0.1) is 16.7 Å². The number of anilines is 3. The number of aromatic amines is 1. The summed E-state index contributed by atoms with van der Waals surface area (Å²) < 4.78 is 6.10. The summed E-state index contributed by atoms with van der Waals surface area (Å²) in [5.74, 6) is 2.76. The highest BCUT2D eigenvalue weighted by Gasteiger charge is 2.11. The van der Waals surface area contributed by atoms with Gasteiger partial charge in [-0.05, 0) is 34.0 Å².